The van der Waals surface area contributed by atoms with E-state index in [9.17, 15) is 9.18 Å². The molecule has 7 heteroatoms. The summed E-state index contributed by atoms with van der Waals surface area (Å²) in [4.78, 5) is 18.7. The number of carbonyl (C=O) groups excluding carboxylic acids is 1. The Hall–Kier alpha value is -1.92. The van der Waals surface area contributed by atoms with Crippen molar-refractivity contribution in [2.75, 3.05) is 17.6 Å². The molecular formula is C11H18FN5O. The Morgan fingerprint density at radius 3 is 2.72 bits per heavy atom. The molecular weight excluding hydrogens is 237 g/mol. The van der Waals surface area contributed by atoms with E-state index in [4.69, 9.17) is 11.5 Å². The van der Waals surface area contributed by atoms with Crippen LogP contribution in [0.4, 0.5) is 16.2 Å². The fourth-order valence-electron chi connectivity index (χ4n) is 1.38. The molecule has 0 aliphatic heterocycles. The molecule has 0 aromatic carbocycles. The number of nitrogens with one attached hydrogen (secondary N) is 1. The molecule has 0 saturated carbocycles. The van der Waals surface area contributed by atoms with Crippen molar-refractivity contribution in [2.24, 2.45) is 5.73 Å². The van der Waals surface area contributed by atoms with Crippen molar-refractivity contribution in [2.45, 2.75) is 32.4 Å². The molecule has 5 N–H and O–H groups in total. The maximum absolute atomic E-state index is 13.2. The second-order valence-corrected chi connectivity index (χ2v) is 4.61. The van der Waals surface area contributed by atoms with E-state index in [1.807, 2.05) is 0 Å². The lowest BCUT2D eigenvalue weighted by Crippen LogP contribution is -2.17. The minimum absolute atomic E-state index is 0.0332. The van der Waals surface area contributed by atoms with Gasteiger partial charge < -0.3 is 16.8 Å². The van der Waals surface area contributed by atoms with Gasteiger partial charge in [-0.05, 0) is 26.7 Å². The smallest absolute Gasteiger partial charge is 0.254 e. The lowest BCUT2D eigenvalue weighted by molar-refractivity contribution is 0.100. The molecule has 0 aliphatic rings. The van der Waals surface area contributed by atoms with Crippen LogP contribution < -0.4 is 16.8 Å². The molecule has 6 nitrogen and oxygen atoms in total. The summed E-state index contributed by atoms with van der Waals surface area (Å²) in [7, 11) is 0. The fourth-order valence-corrected chi connectivity index (χ4v) is 1.38. The molecule has 0 saturated heterocycles. The molecule has 0 bridgehead atoms. The van der Waals surface area contributed by atoms with Gasteiger partial charge in [-0.15, -0.1) is 0 Å². The van der Waals surface area contributed by atoms with Crippen LogP contribution in [0.2, 0.25) is 0 Å². The summed E-state index contributed by atoms with van der Waals surface area (Å²) in [5, 5.41) is 2.90. The van der Waals surface area contributed by atoms with E-state index in [0.29, 0.717) is 25.3 Å². The minimum Gasteiger partial charge on any atom is -0.383 e. The van der Waals surface area contributed by atoms with Gasteiger partial charge in [-0.3, -0.25) is 4.79 Å². The number of hydrogen-bond acceptors (Lipinski definition) is 5. The summed E-state index contributed by atoms with van der Waals surface area (Å²) >= 11 is 0. The van der Waals surface area contributed by atoms with Gasteiger partial charge in [0.15, 0.2) is 0 Å². The van der Waals surface area contributed by atoms with Gasteiger partial charge in [0, 0.05) is 12.7 Å². The van der Waals surface area contributed by atoms with Gasteiger partial charge in [-0.2, -0.15) is 4.98 Å². The van der Waals surface area contributed by atoms with Gasteiger partial charge in [0.25, 0.3) is 5.91 Å². The van der Waals surface area contributed by atoms with E-state index in [-0.39, 0.29) is 11.4 Å². The van der Waals surface area contributed by atoms with E-state index < -0.39 is 11.6 Å². The first-order chi connectivity index (χ1) is 8.29. The number of nitrogen functional groups attached to an aromatic ring is 1. The largest absolute Gasteiger partial charge is 0.383 e. The molecule has 100 valence electrons. The Morgan fingerprint density at radius 1 is 1.56 bits per heavy atom. The van der Waals surface area contributed by atoms with Crippen molar-refractivity contribution in [1.82, 2.24) is 9.97 Å². The van der Waals surface area contributed by atoms with Crippen LogP contribution in [0.5, 0.6) is 0 Å². The molecule has 1 amide bonds. The van der Waals surface area contributed by atoms with Crippen LogP contribution in [-0.4, -0.2) is 28.1 Å². The normalized spacial score (nSPS) is 11.3. The van der Waals surface area contributed by atoms with Crippen molar-refractivity contribution in [3.63, 3.8) is 0 Å². The Balaban J connectivity index is 2.49. The van der Waals surface area contributed by atoms with Crippen LogP contribution in [0.3, 0.4) is 0 Å². The highest BCUT2D eigenvalue weighted by Gasteiger charge is 2.14. The van der Waals surface area contributed by atoms with Crippen molar-refractivity contribution in [1.29, 1.82) is 0 Å². The summed E-state index contributed by atoms with van der Waals surface area (Å²) in [5.74, 6) is -0.335. The SMILES string of the molecule is CC(C)(F)CCCNc1ncc(C(N)=O)c(N)n1. The summed E-state index contributed by atoms with van der Waals surface area (Å²) in [6.45, 7) is 3.59. The maximum Gasteiger partial charge on any atom is 0.254 e. The third-order valence-corrected chi connectivity index (χ3v) is 2.31. The minimum atomic E-state index is -1.18. The number of halogens is 1. The standard InChI is InChI=1S/C11H18FN5O/c1-11(2,12)4-3-5-15-10-16-6-7(9(14)18)8(13)17-10/h6H,3-5H2,1-2H3,(H2,14,18)(H3,13,15,16,17). The molecule has 0 radical (unpaired) electrons. The van der Waals surface area contributed by atoms with Crippen LogP contribution >= 0.6 is 0 Å². The van der Waals surface area contributed by atoms with Gasteiger partial charge in [0.1, 0.15) is 11.5 Å². The van der Waals surface area contributed by atoms with Gasteiger partial charge in [0.05, 0.1) is 5.56 Å². The number of hydrogen-bond donors (Lipinski definition) is 3. The first kappa shape index (κ1) is 14.1. The average molecular weight is 255 g/mol. The van der Waals surface area contributed by atoms with Crippen molar-refractivity contribution >= 4 is 17.7 Å². The molecule has 1 aromatic heterocycles. The zero-order valence-corrected chi connectivity index (χ0v) is 10.5. The number of anilines is 2. The highest BCUT2D eigenvalue weighted by molar-refractivity contribution is 5.96. The van der Waals surface area contributed by atoms with Crippen LogP contribution in [0.25, 0.3) is 0 Å². The van der Waals surface area contributed by atoms with E-state index in [1.54, 1.807) is 0 Å². The van der Waals surface area contributed by atoms with Crippen LogP contribution in [0, 0.1) is 0 Å². The molecule has 0 unspecified atom stereocenters. The molecule has 0 fully saturated rings. The number of aromatic nitrogens is 2. The van der Waals surface area contributed by atoms with Crippen molar-refractivity contribution < 1.29 is 9.18 Å². The van der Waals surface area contributed by atoms with Crippen LogP contribution in [-0.2, 0) is 0 Å². The van der Waals surface area contributed by atoms with Gasteiger partial charge >= 0.3 is 0 Å². The van der Waals surface area contributed by atoms with E-state index in [2.05, 4.69) is 15.3 Å². The Kier molecular flexibility index (Phi) is 4.41. The quantitative estimate of drug-likeness (QED) is 0.660. The number of nitrogens with zero attached hydrogens (tertiary/aromatic N) is 2. The number of amides is 1. The topological polar surface area (TPSA) is 107 Å². The highest BCUT2D eigenvalue weighted by atomic mass is 19.1. The molecule has 18 heavy (non-hydrogen) atoms. The second-order valence-electron chi connectivity index (χ2n) is 4.61. The second kappa shape index (κ2) is 5.61. The Labute approximate surface area is 105 Å². The number of alkyl halides is 1. The lowest BCUT2D eigenvalue weighted by atomic mass is 10.1. The molecule has 0 atom stereocenters. The van der Waals surface area contributed by atoms with E-state index >= 15 is 0 Å². The molecule has 1 heterocycles. The predicted octanol–water partition coefficient (Wildman–Crippen LogP) is 1.10. The first-order valence-electron chi connectivity index (χ1n) is 5.65. The number of nitrogens with two attached hydrogens (primary N) is 2. The summed E-state index contributed by atoms with van der Waals surface area (Å²) in [6.07, 6.45) is 2.35. The zero-order chi connectivity index (χ0) is 13.8. The third kappa shape index (κ3) is 4.52. The Bertz CT molecular complexity index is 430. The summed E-state index contributed by atoms with van der Waals surface area (Å²) in [6, 6.07) is 0. The average Bonchev–Trinajstić information content (AvgIpc) is 2.22. The lowest BCUT2D eigenvalue weighted by Gasteiger charge is -2.13. The van der Waals surface area contributed by atoms with Crippen LogP contribution in [0.1, 0.15) is 37.0 Å². The molecule has 0 aliphatic carbocycles. The fraction of sp³-hybridized carbons (Fsp3) is 0.545. The predicted molar refractivity (Wildman–Crippen MR) is 67.9 cm³/mol. The number of carbonyl (C=O) groups is 1. The third-order valence-electron chi connectivity index (χ3n) is 2.31. The van der Waals surface area contributed by atoms with Crippen molar-refractivity contribution in [3.05, 3.63) is 11.8 Å². The number of rotatable bonds is 6. The molecule has 1 rings (SSSR count). The van der Waals surface area contributed by atoms with E-state index in [0.717, 1.165) is 0 Å². The summed E-state index contributed by atoms with van der Waals surface area (Å²) in [5.41, 5.74) is 9.52. The van der Waals surface area contributed by atoms with Crippen LogP contribution in [0.15, 0.2) is 6.20 Å². The zero-order valence-electron chi connectivity index (χ0n) is 10.5. The van der Waals surface area contributed by atoms with E-state index in [1.165, 1.54) is 20.0 Å². The highest BCUT2D eigenvalue weighted by Crippen LogP contribution is 2.16. The van der Waals surface area contributed by atoms with Crippen molar-refractivity contribution in [3.8, 4) is 0 Å². The van der Waals surface area contributed by atoms with Gasteiger partial charge in [0.2, 0.25) is 5.95 Å². The first-order valence-corrected chi connectivity index (χ1v) is 5.65. The molecule has 1 aromatic rings. The Morgan fingerprint density at radius 2 is 2.22 bits per heavy atom. The number of primary amides is 1. The summed E-state index contributed by atoms with van der Waals surface area (Å²) < 4.78 is 13.2. The maximum atomic E-state index is 13.2. The van der Waals surface area contributed by atoms with Gasteiger partial charge in [-0.25, -0.2) is 9.37 Å². The van der Waals surface area contributed by atoms with Gasteiger partial charge in [-0.1, -0.05) is 0 Å². The monoisotopic (exact) mass is 255 g/mol. The molecule has 0 spiro atoms.